The molecule has 0 saturated carbocycles. The summed E-state index contributed by atoms with van der Waals surface area (Å²) in [5.74, 6) is -0.0525. The molecule has 0 bridgehead atoms. The van der Waals surface area contributed by atoms with Gasteiger partial charge in [0.15, 0.2) is 0 Å². The van der Waals surface area contributed by atoms with Crippen molar-refractivity contribution in [3.8, 4) is 0 Å². The van der Waals surface area contributed by atoms with E-state index < -0.39 is 0 Å². The van der Waals surface area contributed by atoms with Gasteiger partial charge >= 0.3 is 0 Å². The van der Waals surface area contributed by atoms with Crippen molar-refractivity contribution >= 4 is 18.5 Å². The molecule has 0 aliphatic carbocycles. The number of rotatable bonds is 6. The van der Waals surface area contributed by atoms with Crippen LogP contribution in [0.5, 0.6) is 0 Å². The number of amides is 1. The monoisotopic (exact) mass is 267 g/mol. The first-order chi connectivity index (χ1) is 8.65. The lowest BCUT2D eigenvalue weighted by Gasteiger charge is -2.30. The largest absolute Gasteiger partial charge is 0.395 e. The topological polar surface area (TPSA) is 40.5 Å². The van der Waals surface area contributed by atoms with Gasteiger partial charge in [0.05, 0.1) is 12.2 Å². The van der Waals surface area contributed by atoms with E-state index in [0.29, 0.717) is 17.0 Å². The first-order valence-corrected chi connectivity index (χ1v) is 6.80. The predicted molar refractivity (Wildman–Crippen MR) is 76.2 cm³/mol. The molecule has 0 heterocycles. The molecule has 0 aromatic heterocycles. The van der Waals surface area contributed by atoms with Crippen molar-refractivity contribution in [3.05, 3.63) is 29.8 Å². The summed E-state index contributed by atoms with van der Waals surface area (Å²) in [6, 6.07) is 7.43. The second-order valence-electron chi connectivity index (χ2n) is 4.21. The van der Waals surface area contributed by atoms with Gasteiger partial charge in [-0.05, 0) is 25.0 Å². The summed E-state index contributed by atoms with van der Waals surface area (Å²) in [6.45, 7) is 4.46. The zero-order valence-corrected chi connectivity index (χ0v) is 11.9. The number of aliphatic hydroxyl groups excluding tert-OH is 1. The number of hydrogen-bond donors (Lipinski definition) is 2. The van der Waals surface area contributed by atoms with Crippen molar-refractivity contribution < 1.29 is 9.90 Å². The maximum absolute atomic E-state index is 12.5. The molecular weight excluding hydrogens is 246 g/mol. The maximum Gasteiger partial charge on any atom is 0.255 e. The molecule has 100 valence electrons. The van der Waals surface area contributed by atoms with Crippen LogP contribution in [0.2, 0.25) is 0 Å². The average Bonchev–Trinajstić information content (AvgIpc) is 2.39. The van der Waals surface area contributed by atoms with E-state index >= 15 is 0 Å². The second-order valence-corrected chi connectivity index (χ2v) is 4.69. The average molecular weight is 267 g/mol. The summed E-state index contributed by atoms with van der Waals surface area (Å²) in [4.78, 5) is 14.9. The first kappa shape index (κ1) is 15.1. The van der Waals surface area contributed by atoms with Crippen molar-refractivity contribution in [3.63, 3.8) is 0 Å². The van der Waals surface area contributed by atoms with Crippen LogP contribution in [0.25, 0.3) is 0 Å². The van der Waals surface area contributed by atoms with E-state index in [4.69, 9.17) is 5.11 Å². The van der Waals surface area contributed by atoms with Crippen molar-refractivity contribution in [1.29, 1.82) is 0 Å². The van der Waals surface area contributed by atoms with E-state index in [0.717, 1.165) is 12.8 Å². The molecule has 0 atom stereocenters. The Morgan fingerprint density at radius 1 is 1.33 bits per heavy atom. The smallest absolute Gasteiger partial charge is 0.255 e. The Morgan fingerprint density at radius 3 is 2.44 bits per heavy atom. The molecule has 0 spiro atoms. The van der Waals surface area contributed by atoms with Crippen LogP contribution >= 0.6 is 12.6 Å². The Bertz CT molecular complexity index is 391. The van der Waals surface area contributed by atoms with Crippen molar-refractivity contribution in [2.45, 2.75) is 37.6 Å². The molecule has 0 fully saturated rings. The lowest BCUT2D eigenvalue weighted by atomic mass is 10.1. The van der Waals surface area contributed by atoms with E-state index in [1.807, 2.05) is 12.1 Å². The van der Waals surface area contributed by atoms with E-state index in [9.17, 15) is 4.79 Å². The highest BCUT2D eigenvalue weighted by Gasteiger charge is 2.22. The highest BCUT2D eigenvalue weighted by atomic mass is 32.1. The maximum atomic E-state index is 12.5. The lowest BCUT2D eigenvalue weighted by Crippen LogP contribution is -2.41. The number of thiol groups is 1. The molecule has 1 amide bonds. The minimum absolute atomic E-state index is 0.0169. The standard InChI is InChI=1S/C14H21NO2S/c1-3-11(4-2)15(9-10-16)14(17)12-7-5-6-8-13(12)18/h5-8,11,16,18H,3-4,9-10H2,1-2H3. The Hall–Kier alpha value is -1.00. The Labute approximate surface area is 114 Å². The third-order valence-corrected chi connectivity index (χ3v) is 3.51. The number of hydrogen-bond acceptors (Lipinski definition) is 3. The van der Waals surface area contributed by atoms with Gasteiger partial charge in [0.2, 0.25) is 0 Å². The highest BCUT2D eigenvalue weighted by molar-refractivity contribution is 7.80. The fraction of sp³-hybridized carbons (Fsp3) is 0.500. The minimum Gasteiger partial charge on any atom is -0.395 e. The van der Waals surface area contributed by atoms with Crippen molar-refractivity contribution in [2.24, 2.45) is 0 Å². The SMILES string of the molecule is CCC(CC)N(CCO)C(=O)c1ccccc1S. The quantitative estimate of drug-likeness (QED) is 0.778. The molecule has 0 aliphatic rings. The lowest BCUT2D eigenvalue weighted by molar-refractivity contribution is 0.0619. The zero-order valence-electron chi connectivity index (χ0n) is 11.0. The summed E-state index contributed by atoms with van der Waals surface area (Å²) in [6.07, 6.45) is 1.77. The van der Waals surface area contributed by atoms with E-state index in [-0.39, 0.29) is 18.6 Å². The Morgan fingerprint density at radius 2 is 1.94 bits per heavy atom. The van der Waals surface area contributed by atoms with Crippen LogP contribution in [0.4, 0.5) is 0 Å². The number of carbonyl (C=O) groups excluding carboxylic acids is 1. The highest BCUT2D eigenvalue weighted by Crippen LogP contribution is 2.18. The molecule has 4 heteroatoms. The van der Waals surface area contributed by atoms with Crippen molar-refractivity contribution in [1.82, 2.24) is 4.90 Å². The summed E-state index contributed by atoms with van der Waals surface area (Å²) in [5, 5.41) is 9.13. The third kappa shape index (κ3) is 3.50. The van der Waals surface area contributed by atoms with Gasteiger partial charge in [-0.1, -0.05) is 26.0 Å². The van der Waals surface area contributed by atoms with Crippen molar-refractivity contribution in [2.75, 3.05) is 13.2 Å². The van der Waals surface area contributed by atoms with Crippen LogP contribution in [-0.2, 0) is 0 Å². The van der Waals surface area contributed by atoms with E-state index in [1.165, 1.54) is 0 Å². The molecule has 1 aromatic rings. The number of carbonyl (C=O) groups is 1. The van der Waals surface area contributed by atoms with Gasteiger partial charge in [-0.3, -0.25) is 4.79 Å². The van der Waals surface area contributed by atoms with Gasteiger partial charge in [0, 0.05) is 17.5 Å². The third-order valence-electron chi connectivity index (χ3n) is 3.12. The predicted octanol–water partition coefficient (Wildman–Crippen LogP) is 2.60. The summed E-state index contributed by atoms with van der Waals surface area (Å²) in [5.41, 5.74) is 0.598. The minimum atomic E-state index is -0.0525. The summed E-state index contributed by atoms with van der Waals surface area (Å²) < 4.78 is 0. The number of nitrogens with zero attached hydrogens (tertiary/aromatic N) is 1. The normalized spacial score (nSPS) is 10.7. The van der Waals surface area contributed by atoms with Gasteiger partial charge in [-0.15, -0.1) is 12.6 Å². The van der Waals surface area contributed by atoms with Crippen LogP contribution < -0.4 is 0 Å². The van der Waals surface area contributed by atoms with E-state index in [2.05, 4.69) is 26.5 Å². The van der Waals surface area contributed by atoms with Crippen LogP contribution in [0.15, 0.2) is 29.2 Å². The molecule has 1 rings (SSSR count). The Kier molecular flexibility index (Phi) is 6.22. The fourth-order valence-electron chi connectivity index (χ4n) is 2.10. The van der Waals surface area contributed by atoms with Crippen LogP contribution in [0.1, 0.15) is 37.0 Å². The molecule has 3 nitrogen and oxygen atoms in total. The zero-order chi connectivity index (χ0) is 13.5. The Balaban J connectivity index is 2.99. The van der Waals surface area contributed by atoms with Crippen LogP contribution in [0.3, 0.4) is 0 Å². The molecule has 1 aromatic carbocycles. The van der Waals surface area contributed by atoms with Crippen LogP contribution in [0, 0.1) is 0 Å². The molecule has 0 aliphatic heterocycles. The molecule has 18 heavy (non-hydrogen) atoms. The summed E-state index contributed by atoms with van der Waals surface area (Å²) >= 11 is 4.32. The second kappa shape index (κ2) is 7.44. The van der Waals surface area contributed by atoms with Gasteiger partial charge in [0.1, 0.15) is 0 Å². The summed E-state index contributed by atoms with van der Waals surface area (Å²) in [7, 11) is 0. The molecule has 0 radical (unpaired) electrons. The number of aliphatic hydroxyl groups is 1. The van der Waals surface area contributed by atoms with Gasteiger partial charge in [0.25, 0.3) is 5.91 Å². The number of benzene rings is 1. The molecule has 1 N–H and O–H groups in total. The van der Waals surface area contributed by atoms with Crippen LogP contribution in [-0.4, -0.2) is 35.1 Å². The molecular formula is C14H21NO2S. The first-order valence-electron chi connectivity index (χ1n) is 6.35. The van der Waals surface area contributed by atoms with E-state index in [1.54, 1.807) is 17.0 Å². The molecule has 0 saturated heterocycles. The van der Waals surface area contributed by atoms with Gasteiger partial charge < -0.3 is 10.0 Å². The van der Waals surface area contributed by atoms with Gasteiger partial charge in [-0.25, -0.2) is 0 Å². The fourth-order valence-corrected chi connectivity index (χ4v) is 2.35. The molecule has 0 unspecified atom stereocenters. The van der Waals surface area contributed by atoms with Gasteiger partial charge in [-0.2, -0.15) is 0 Å².